The highest BCUT2D eigenvalue weighted by molar-refractivity contribution is 6.46. The van der Waals surface area contributed by atoms with Gasteiger partial charge in [-0.2, -0.15) is 13.2 Å². The number of benzene rings is 2. The molecule has 6 nitrogen and oxygen atoms in total. The third-order valence-electron chi connectivity index (χ3n) is 8.49. The second-order valence-corrected chi connectivity index (χ2v) is 12.3. The van der Waals surface area contributed by atoms with Crippen molar-refractivity contribution in [3.8, 4) is 0 Å². The molecular formula is C32H38F3N3O3. The molecule has 1 heterocycles. The van der Waals surface area contributed by atoms with Crippen LogP contribution >= 0.6 is 0 Å². The summed E-state index contributed by atoms with van der Waals surface area (Å²) in [6.07, 6.45) is -1.13. The van der Waals surface area contributed by atoms with E-state index in [9.17, 15) is 27.6 Å². The lowest BCUT2D eigenvalue weighted by atomic mass is 9.69. The molecule has 1 spiro atoms. The molecule has 2 aromatic carbocycles. The number of nitrogens with zero attached hydrogens (tertiary/aromatic N) is 2. The maximum atomic E-state index is 14.0. The maximum absolute atomic E-state index is 14.0. The van der Waals surface area contributed by atoms with Gasteiger partial charge >= 0.3 is 6.18 Å². The summed E-state index contributed by atoms with van der Waals surface area (Å²) in [6.45, 7) is 10.3. The van der Waals surface area contributed by atoms with Crippen LogP contribution in [0.25, 0.3) is 0 Å². The molecule has 1 N–H and O–H groups in total. The van der Waals surface area contributed by atoms with Crippen molar-refractivity contribution in [2.75, 3.05) is 6.54 Å². The lowest BCUT2D eigenvalue weighted by Gasteiger charge is -2.46. The Morgan fingerprint density at radius 3 is 2.12 bits per heavy atom. The highest BCUT2D eigenvalue weighted by atomic mass is 19.4. The van der Waals surface area contributed by atoms with Crippen LogP contribution in [0.2, 0.25) is 0 Å². The number of Topliss-reactive ketones (excluding diaryl/α,β-unsaturated/α-hetero) is 1. The molecule has 1 atom stereocenters. The van der Waals surface area contributed by atoms with Crippen molar-refractivity contribution < 1.29 is 27.6 Å². The molecule has 0 aromatic heterocycles. The Balaban J connectivity index is 1.62. The Morgan fingerprint density at radius 2 is 1.61 bits per heavy atom. The number of ketones is 1. The summed E-state index contributed by atoms with van der Waals surface area (Å²) in [5.74, 6) is -0.135. The van der Waals surface area contributed by atoms with Gasteiger partial charge in [0.2, 0.25) is 0 Å². The third kappa shape index (κ3) is 6.54. The van der Waals surface area contributed by atoms with Gasteiger partial charge in [0.1, 0.15) is 17.2 Å². The zero-order valence-corrected chi connectivity index (χ0v) is 24.3. The average Bonchev–Trinajstić information content (AvgIpc) is 3.18. The van der Waals surface area contributed by atoms with Crippen LogP contribution in [0.4, 0.5) is 13.2 Å². The first-order valence-corrected chi connectivity index (χ1v) is 14.1. The van der Waals surface area contributed by atoms with E-state index in [0.717, 1.165) is 30.5 Å². The molecule has 1 saturated carbocycles. The Labute approximate surface area is 239 Å². The van der Waals surface area contributed by atoms with Gasteiger partial charge in [0.05, 0.1) is 11.6 Å². The molecule has 1 unspecified atom stereocenters. The number of hydrogen-bond donors (Lipinski definition) is 1. The van der Waals surface area contributed by atoms with Gasteiger partial charge in [-0.25, -0.2) is 0 Å². The average molecular weight is 570 g/mol. The standard InChI is InChI=1S/C32H38F3N3O3/c1-20(39)16-19-36-28(40)24-8-6-22(7-9-24)21(2)38-29(41)27(23-10-12-26(13-11-23)32(33,34)35)37-31(38)17-14-25(15-18-31)30(3,4)5/h6-13,21,25H,14-19H2,1-5H3,(H,36,40). The number of halogens is 3. The second-order valence-electron chi connectivity index (χ2n) is 12.3. The minimum atomic E-state index is -4.47. The molecular weight excluding hydrogens is 531 g/mol. The van der Waals surface area contributed by atoms with Crippen molar-refractivity contribution in [1.29, 1.82) is 0 Å². The molecule has 220 valence electrons. The molecule has 1 aliphatic carbocycles. The SMILES string of the molecule is CC(=O)CCNC(=O)c1ccc(C(C)N2C(=O)C(c3ccc(C(F)(F)F)cc3)=NC23CCC(C(C)(C)C)CC3)cc1. The van der Waals surface area contributed by atoms with Gasteiger partial charge in [0.15, 0.2) is 0 Å². The zero-order valence-electron chi connectivity index (χ0n) is 24.3. The highest BCUT2D eigenvalue weighted by Gasteiger charge is 2.52. The number of hydrogen-bond acceptors (Lipinski definition) is 4. The van der Waals surface area contributed by atoms with Gasteiger partial charge < -0.3 is 10.2 Å². The van der Waals surface area contributed by atoms with Crippen LogP contribution in [-0.2, 0) is 15.8 Å². The van der Waals surface area contributed by atoms with E-state index in [1.807, 2.05) is 19.1 Å². The van der Waals surface area contributed by atoms with E-state index in [1.54, 1.807) is 17.0 Å². The fourth-order valence-corrected chi connectivity index (χ4v) is 5.97. The van der Waals surface area contributed by atoms with Crippen molar-refractivity contribution in [3.63, 3.8) is 0 Å². The van der Waals surface area contributed by atoms with Crippen molar-refractivity contribution >= 4 is 23.3 Å². The summed E-state index contributed by atoms with van der Waals surface area (Å²) in [4.78, 5) is 44.4. The Morgan fingerprint density at radius 1 is 1.02 bits per heavy atom. The van der Waals surface area contributed by atoms with Crippen LogP contribution in [-0.4, -0.2) is 40.4 Å². The molecule has 2 amide bonds. The molecule has 0 bridgehead atoms. The molecule has 4 rings (SSSR count). The molecule has 0 radical (unpaired) electrons. The fraction of sp³-hybridized carbons (Fsp3) is 0.500. The number of nitrogens with one attached hydrogen (secondary N) is 1. The van der Waals surface area contributed by atoms with Gasteiger partial charge in [0.25, 0.3) is 11.8 Å². The first kappa shape index (κ1) is 30.5. The quantitative estimate of drug-likeness (QED) is 0.401. The van der Waals surface area contributed by atoms with Crippen molar-refractivity contribution in [2.45, 2.75) is 84.6 Å². The van der Waals surface area contributed by atoms with Crippen molar-refractivity contribution in [2.24, 2.45) is 16.3 Å². The first-order chi connectivity index (χ1) is 19.1. The summed E-state index contributed by atoms with van der Waals surface area (Å²) >= 11 is 0. The molecule has 1 aliphatic heterocycles. The van der Waals surface area contributed by atoms with Gasteiger partial charge in [0, 0.05) is 24.1 Å². The van der Waals surface area contributed by atoms with Crippen LogP contribution in [0.5, 0.6) is 0 Å². The minimum Gasteiger partial charge on any atom is -0.352 e. The Hall–Kier alpha value is -3.49. The van der Waals surface area contributed by atoms with E-state index in [-0.39, 0.29) is 47.7 Å². The second kappa shape index (κ2) is 11.4. The number of carbonyl (C=O) groups excluding carboxylic acids is 3. The lowest BCUT2D eigenvalue weighted by Crippen LogP contribution is -2.50. The molecule has 1 fully saturated rings. The summed E-state index contributed by atoms with van der Waals surface area (Å²) in [6, 6.07) is 11.2. The van der Waals surface area contributed by atoms with E-state index < -0.39 is 17.4 Å². The zero-order chi connectivity index (χ0) is 30.2. The Bertz CT molecular complexity index is 1320. The maximum Gasteiger partial charge on any atom is 0.416 e. The Kier molecular flexibility index (Phi) is 8.48. The predicted molar refractivity (Wildman–Crippen MR) is 151 cm³/mol. The fourth-order valence-electron chi connectivity index (χ4n) is 5.97. The topological polar surface area (TPSA) is 78.8 Å². The summed E-state index contributed by atoms with van der Waals surface area (Å²) in [7, 11) is 0. The molecule has 0 saturated heterocycles. The first-order valence-electron chi connectivity index (χ1n) is 14.1. The molecule has 2 aliphatic rings. The van der Waals surface area contributed by atoms with E-state index >= 15 is 0 Å². The summed E-state index contributed by atoms with van der Waals surface area (Å²) in [5, 5.41) is 2.73. The number of alkyl halides is 3. The van der Waals surface area contributed by atoms with Gasteiger partial charge in [-0.1, -0.05) is 45.0 Å². The van der Waals surface area contributed by atoms with Crippen LogP contribution in [0, 0.1) is 11.3 Å². The van der Waals surface area contributed by atoms with Gasteiger partial charge in [-0.05, 0) is 80.7 Å². The predicted octanol–water partition coefficient (Wildman–Crippen LogP) is 6.74. The van der Waals surface area contributed by atoms with E-state index in [0.29, 0.717) is 29.9 Å². The van der Waals surface area contributed by atoms with E-state index in [1.165, 1.54) is 19.1 Å². The lowest BCUT2D eigenvalue weighted by molar-refractivity contribution is -0.137. The number of rotatable bonds is 7. The van der Waals surface area contributed by atoms with Crippen LogP contribution in [0.1, 0.15) is 99.8 Å². The summed E-state index contributed by atoms with van der Waals surface area (Å²) < 4.78 is 39.5. The van der Waals surface area contributed by atoms with Gasteiger partial charge in [-0.3, -0.25) is 19.4 Å². The van der Waals surface area contributed by atoms with Crippen LogP contribution in [0.15, 0.2) is 53.5 Å². The van der Waals surface area contributed by atoms with Gasteiger partial charge in [-0.15, -0.1) is 0 Å². The normalized spacial score (nSPS) is 22.0. The minimum absolute atomic E-state index is 0.00639. The number of aliphatic imine (C=N–C) groups is 1. The highest BCUT2D eigenvalue weighted by Crippen LogP contribution is 2.49. The number of carbonyl (C=O) groups is 3. The van der Waals surface area contributed by atoms with E-state index in [4.69, 9.17) is 4.99 Å². The smallest absolute Gasteiger partial charge is 0.352 e. The monoisotopic (exact) mass is 569 g/mol. The van der Waals surface area contributed by atoms with Crippen molar-refractivity contribution in [3.05, 3.63) is 70.8 Å². The molecule has 2 aromatic rings. The third-order valence-corrected chi connectivity index (χ3v) is 8.49. The van der Waals surface area contributed by atoms with Crippen LogP contribution < -0.4 is 5.32 Å². The molecule has 9 heteroatoms. The van der Waals surface area contributed by atoms with E-state index in [2.05, 4.69) is 26.1 Å². The number of amides is 2. The summed E-state index contributed by atoms with van der Waals surface area (Å²) in [5.41, 5.74) is 0.358. The largest absolute Gasteiger partial charge is 0.416 e. The van der Waals surface area contributed by atoms with Crippen molar-refractivity contribution in [1.82, 2.24) is 10.2 Å². The van der Waals surface area contributed by atoms with Crippen LogP contribution in [0.3, 0.4) is 0 Å². The molecule has 41 heavy (non-hydrogen) atoms.